The number of hydrogen-bond acceptors (Lipinski definition) is 4. The highest BCUT2D eigenvalue weighted by Gasteiger charge is 2.29. The van der Waals surface area contributed by atoms with Crippen molar-refractivity contribution in [1.82, 2.24) is 9.88 Å². The van der Waals surface area contributed by atoms with E-state index in [0.29, 0.717) is 5.15 Å². The van der Waals surface area contributed by atoms with Gasteiger partial charge in [0, 0.05) is 13.1 Å². The molecule has 0 fully saturated rings. The maximum Gasteiger partial charge on any atom is 0.143 e. The lowest BCUT2D eigenvalue weighted by molar-refractivity contribution is 0.121. The predicted molar refractivity (Wildman–Crippen MR) is 95.8 cm³/mol. The van der Waals surface area contributed by atoms with Gasteiger partial charge in [-0.1, -0.05) is 30.7 Å². The van der Waals surface area contributed by atoms with Gasteiger partial charge in [0.2, 0.25) is 0 Å². The Bertz CT molecular complexity index is 690. The summed E-state index contributed by atoms with van der Waals surface area (Å²) in [5.41, 5.74) is 2.15. The minimum atomic E-state index is 0.136. The Morgan fingerprint density at radius 3 is 2.67 bits per heavy atom. The highest BCUT2D eigenvalue weighted by atomic mass is 35.5. The summed E-state index contributed by atoms with van der Waals surface area (Å²) >= 11 is 6.11. The topological polar surface area (TPSA) is 34.6 Å². The van der Waals surface area contributed by atoms with E-state index in [2.05, 4.69) is 35.9 Å². The van der Waals surface area contributed by atoms with Gasteiger partial charge >= 0.3 is 0 Å². The molecule has 0 amide bonds. The minimum Gasteiger partial charge on any atom is -0.497 e. The molecule has 0 N–H and O–H groups in total. The molecule has 1 aliphatic heterocycles. The van der Waals surface area contributed by atoms with Gasteiger partial charge in [-0.25, -0.2) is 4.98 Å². The zero-order chi connectivity index (χ0) is 17.1. The first-order valence-corrected chi connectivity index (χ1v) is 8.68. The van der Waals surface area contributed by atoms with Crippen LogP contribution in [0.5, 0.6) is 11.5 Å². The monoisotopic (exact) mass is 346 g/mol. The lowest BCUT2D eigenvalue weighted by atomic mass is 10.1. The molecule has 0 spiro atoms. The second kappa shape index (κ2) is 7.41. The molecule has 1 aromatic heterocycles. The number of benzene rings is 1. The molecule has 0 saturated carbocycles. The Morgan fingerprint density at radius 1 is 1.25 bits per heavy atom. The molecular weight excluding hydrogens is 324 g/mol. The fourth-order valence-electron chi connectivity index (χ4n) is 3.03. The van der Waals surface area contributed by atoms with Gasteiger partial charge in [-0.05, 0) is 43.2 Å². The van der Waals surface area contributed by atoms with Crippen LogP contribution in [0.25, 0.3) is 0 Å². The average Bonchev–Trinajstić information content (AvgIpc) is 2.73. The summed E-state index contributed by atoms with van der Waals surface area (Å²) in [4.78, 5) is 6.92. The Labute approximate surface area is 148 Å². The number of aromatic nitrogens is 1. The van der Waals surface area contributed by atoms with Gasteiger partial charge in [0.05, 0.1) is 13.2 Å². The van der Waals surface area contributed by atoms with Crippen LogP contribution in [0.1, 0.15) is 37.6 Å². The van der Waals surface area contributed by atoms with Crippen molar-refractivity contribution in [3.63, 3.8) is 0 Å². The van der Waals surface area contributed by atoms with Crippen molar-refractivity contribution in [3.8, 4) is 11.5 Å². The van der Waals surface area contributed by atoms with E-state index in [4.69, 9.17) is 21.1 Å². The van der Waals surface area contributed by atoms with Crippen LogP contribution in [0, 0.1) is 0 Å². The van der Waals surface area contributed by atoms with Gasteiger partial charge in [-0.2, -0.15) is 0 Å². The van der Waals surface area contributed by atoms with Gasteiger partial charge in [-0.3, -0.25) is 4.90 Å². The average molecular weight is 347 g/mol. The fourth-order valence-corrected chi connectivity index (χ4v) is 3.18. The maximum absolute atomic E-state index is 6.15. The molecule has 0 aliphatic carbocycles. The predicted octanol–water partition coefficient (Wildman–Crippen LogP) is 4.48. The molecule has 0 saturated heterocycles. The third kappa shape index (κ3) is 3.65. The number of rotatable bonds is 4. The van der Waals surface area contributed by atoms with E-state index in [1.54, 1.807) is 13.2 Å². The molecule has 24 heavy (non-hydrogen) atoms. The Balaban J connectivity index is 1.87. The molecule has 3 rings (SSSR count). The SMILES string of the molecule is CC[C@@H]1CN(Cc2ccc(OC)cc2)C(C)c2nc(Cl)ccc2O1. The minimum absolute atomic E-state index is 0.136. The number of nitrogens with zero attached hydrogens (tertiary/aromatic N) is 2. The summed E-state index contributed by atoms with van der Waals surface area (Å²) in [6, 6.07) is 12.1. The molecule has 128 valence electrons. The number of fused-ring (bicyclic) bond motifs is 1. The van der Waals surface area contributed by atoms with Gasteiger partial charge < -0.3 is 9.47 Å². The maximum atomic E-state index is 6.15. The number of ether oxygens (including phenoxy) is 2. The first-order valence-electron chi connectivity index (χ1n) is 8.30. The van der Waals surface area contributed by atoms with Crippen molar-refractivity contribution in [2.75, 3.05) is 13.7 Å². The van der Waals surface area contributed by atoms with Crippen LogP contribution < -0.4 is 9.47 Å². The zero-order valence-corrected chi connectivity index (χ0v) is 15.1. The molecule has 2 atom stereocenters. The quantitative estimate of drug-likeness (QED) is 0.764. The molecular formula is C19H23ClN2O2. The molecule has 2 heterocycles. The Kier molecular flexibility index (Phi) is 5.27. The molecule has 1 unspecified atom stereocenters. The molecule has 4 nitrogen and oxygen atoms in total. The lowest BCUT2D eigenvalue weighted by Crippen LogP contribution is -2.34. The van der Waals surface area contributed by atoms with Crippen LogP contribution in [-0.2, 0) is 6.54 Å². The normalized spacial score (nSPS) is 20.8. The molecule has 0 radical (unpaired) electrons. The first kappa shape index (κ1) is 17.1. The Hall–Kier alpha value is -1.78. The number of hydrogen-bond donors (Lipinski definition) is 0. The van der Waals surface area contributed by atoms with E-state index in [1.165, 1.54) is 5.56 Å². The van der Waals surface area contributed by atoms with E-state index < -0.39 is 0 Å². The molecule has 1 aromatic carbocycles. The highest BCUT2D eigenvalue weighted by molar-refractivity contribution is 6.29. The van der Waals surface area contributed by atoms with Crippen molar-refractivity contribution in [3.05, 3.63) is 52.8 Å². The van der Waals surface area contributed by atoms with Crippen LogP contribution in [0.15, 0.2) is 36.4 Å². The van der Waals surface area contributed by atoms with Gasteiger partial charge in [0.25, 0.3) is 0 Å². The van der Waals surface area contributed by atoms with E-state index >= 15 is 0 Å². The highest BCUT2D eigenvalue weighted by Crippen LogP contribution is 2.34. The van der Waals surface area contributed by atoms with Crippen molar-refractivity contribution < 1.29 is 9.47 Å². The summed E-state index contributed by atoms with van der Waals surface area (Å²) < 4.78 is 11.4. The summed E-state index contributed by atoms with van der Waals surface area (Å²) in [7, 11) is 1.68. The molecule has 0 bridgehead atoms. The van der Waals surface area contributed by atoms with Crippen molar-refractivity contribution in [2.24, 2.45) is 0 Å². The van der Waals surface area contributed by atoms with E-state index in [0.717, 1.165) is 36.7 Å². The van der Waals surface area contributed by atoms with E-state index in [1.807, 2.05) is 18.2 Å². The van der Waals surface area contributed by atoms with Crippen molar-refractivity contribution in [1.29, 1.82) is 0 Å². The Morgan fingerprint density at radius 2 is 2.00 bits per heavy atom. The third-order valence-corrected chi connectivity index (χ3v) is 4.74. The number of methoxy groups -OCH3 is 1. The van der Waals surface area contributed by atoms with Gasteiger partial charge in [0.1, 0.15) is 28.5 Å². The van der Waals surface area contributed by atoms with Crippen LogP contribution >= 0.6 is 11.6 Å². The second-order valence-corrected chi connectivity index (χ2v) is 6.51. The van der Waals surface area contributed by atoms with Gasteiger partial charge in [-0.15, -0.1) is 0 Å². The largest absolute Gasteiger partial charge is 0.497 e. The van der Waals surface area contributed by atoms with Crippen LogP contribution in [-0.4, -0.2) is 29.6 Å². The summed E-state index contributed by atoms with van der Waals surface area (Å²) in [5.74, 6) is 1.72. The molecule has 2 aromatic rings. The summed E-state index contributed by atoms with van der Waals surface area (Å²) in [5, 5.41) is 0.503. The van der Waals surface area contributed by atoms with E-state index in [-0.39, 0.29) is 12.1 Å². The first-order chi connectivity index (χ1) is 11.6. The number of halogens is 1. The summed E-state index contributed by atoms with van der Waals surface area (Å²) in [6.07, 6.45) is 1.10. The van der Waals surface area contributed by atoms with E-state index in [9.17, 15) is 0 Å². The van der Waals surface area contributed by atoms with Crippen LogP contribution in [0.2, 0.25) is 5.15 Å². The zero-order valence-electron chi connectivity index (χ0n) is 14.3. The molecule has 1 aliphatic rings. The lowest BCUT2D eigenvalue weighted by Gasteiger charge is -2.28. The second-order valence-electron chi connectivity index (χ2n) is 6.12. The molecule has 5 heteroatoms. The fraction of sp³-hybridized carbons (Fsp3) is 0.421. The van der Waals surface area contributed by atoms with Crippen molar-refractivity contribution in [2.45, 2.75) is 39.0 Å². The summed E-state index contributed by atoms with van der Waals surface area (Å²) in [6.45, 7) is 6.00. The van der Waals surface area contributed by atoms with Crippen LogP contribution in [0.4, 0.5) is 0 Å². The van der Waals surface area contributed by atoms with Gasteiger partial charge in [0.15, 0.2) is 0 Å². The van der Waals surface area contributed by atoms with Crippen LogP contribution in [0.3, 0.4) is 0 Å². The van der Waals surface area contributed by atoms with Crippen molar-refractivity contribution >= 4 is 11.6 Å². The number of pyridine rings is 1. The smallest absolute Gasteiger partial charge is 0.143 e. The standard InChI is InChI=1S/C19H23ClN2O2/c1-4-15-12-22(11-14-5-7-16(23-3)8-6-14)13(2)19-17(24-15)9-10-18(20)21-19/h5-10,13,15H,4,11-12H2,1-3H3/t13?,15-/m1/s1. The third-order valence-electron chi connectivity index (χ3n) is 4.53.